The number of nitro benzene ring substituents is 1. The van der Waals surface area contributed by atoms with Crippen LogP contribution in [0.25, 0.3) is 0 Å². The summed E-state index contributed by atoms with van der Waals surface area (Å²) in [4.78, 5) is 22.3. The quantitative estimate of drug-likeness (QED) is 0.491. The number of nitriles is 1. The largest absolute Gasteiger partial charge is 0.457 e. The molecule has 0 saturated heterocycles. The predicted octanol–water partition coefficient (Wildman–Crippen LogP) is 3.13. The molecule has 0 aromatic heterocycles. The van der Waals surface area contributed by atoms with Gasteiger partial charge in [-0.2, -0.15) is 5.26 Å². The molecule has 0 spiro atoms. The average Bonchev–Trinajstić information content (AvgIpc) is 2.53. The molecular weight excluding hydrogens is 284 g/mol. The molecule has 2 rings (SSSR count). The zero-order valence-electron chi connectivity index (χ0n) is 11.8. The van der Waals surface area contributed by atoms with Gasteiger partial charge >= 0.3 is 5.97 Å². The van der Waals surface area contributed by atoms with Gasteiger partial charge in [0.1, 0.15) is 6.61 Å². The maximum absolute atomic E-state index is 12.0. The summed E-state index contributed by atoms with van der Waals surface area (Å²) in [6.07, 6.45) is 0. The molecule has 0 bridgehead atoms. The van der Waals surface area contributed by atoms with E-state index in [1.165, 1.54) is 18.2 Å². The minimum Gasteiger partial charge on any atom is -0.457 e. The SMILES string of the molecule is Cc1ccc(C(=O)OCc2ccccc2C#N)cc1[N+](=O)[O-]. The van der Waals surface area contributed by atoms with Crippen LogP contribution in [0.15, 0.2) is 42.5 Å². The Morgan fingerprint density at radius 3 is 2.73 bits per heavy atom. The standard InChI is InChI=1S/C16H12N2O4/c1-11-6-7-12(8-15(11)18(20)21)16(19)22-10-14-5-3-2-4-13(14)9-17/h2-8H,10H2,1H3. The van der Waals surface area contributed by atoms with Crippen molar-refractivity contribution < 1.29 is 14.5 Å². The molecule has 0 amide bonds. The Balaban J connectivity index is 2.15. The van der Waals surface area contributed by atoms with Crippen LogP contribution in [0, 0.1) is 28.4 Å². The number of carbonyl (C=O) groups excluding carboxylic acids is 1. The van der Waals surface area contributed by atoms with E-state index in [1.807, 2.05) is 6.07 Å². The number of hydrogen-bond donors (Lipinski definition) is 0. The maximum atomic E-state index is 12.0. The zero-order valence-corrected chi connectivity index (χ0v) is 11.8. The second-order valence-corrected chi connectivity index (χ2v) is 4.60. The molecule has 0 saturated carbocycles. The summed E-state index contributed by atoms with van der Waals surface area (Å²) in [7, 11) is 0. The molecule has 0 aliphatic carbocycles. The van der Waals surface area contributed by atoms with E-state index in [2.05, 4.69) is 0 Å². The molecule has 0 unspecified atom stereocenters. The summed E-state index contributed by atoms with van der Waals surface area (Å²) in [5.74, 6) is -0.671. The summed E-state index contributed by atoms with van der Waals surface area (Å²) in [6, 6.07) is 12.9. The number of carbonyl (C=O) groups is 1. The van der Waals surface area contributed by atoms with Gasteiger partial charge in [-0.25, -0.2) is 4.79 Å². The topological polar surface area (TPSA) is 93.2 Å². The molecule has 0 heterocycles. The lowest BCUT2D eigenvalue weighted by molar-refractivity contribution is -0.385. The van der Waals surface area contributed by atoms with Gasteiger partial charge in [-0.05, 0) is 19.1 Å². The lowest BCUT2D eigenvalue weighted by Crippen LogP contribution is -2.07. The minimum atomic E-state index is -0.671. The third kappa shape index (κ3) is 3.27. The molecule has 0 aliphatic rings. The van der Waals surface area contributed by atoms with Crippen molar-refractivity contribution in [3.8, 4) is 6.07 Å². The number of aryl methyl sites for hydroxylation is 1. The van der Waals surface area contributed by atoms with Crippen molar-refractivity contribution in [2.24, 2.45) is 0 Å². The Morgan fingerprint density at radius 1 is 1.32 bits per heavy atom. The van der Waals surface area contributed by atoms with Crippen molar-refractivity contribution in [1.29, 1.82) is 5.26 Å². The van der Waals surface area contributed by atoms with Gasteiger partial charge < -0.3 is 4.74 Å². The first-order chi connectivity index (χ1) is 10.5. The Hall–Kier alpha value is -3.20. The number of benzene rings is 2. The maximum Gasteiger partial charge on any atom is 0.338 e. The Labute approximate surface area is 126 Å². The van der Waals surface area contributed by atoms with Crippen molar-refractivity contribution in [1.82, 2.24) is 0 Å². The third-order valence-corrected chi connectivity index (χ3v) is 3.14. The minimum absolute atomic E-state index is 0.0652. The van der Waals surface area contributed by atoms with Crippen molar-refractivity contribution in [2.45, 2.75) is 13.5 Å². The van der Waals surface area contributed by atoms with Crippen molar-refractivity contribution >= 4 is 11.7 Å². The molecule has 6 heteroatoms. The van der Waals surface area contributed by atoms with Crippen LogP contribution < -0.4 is 0 Å². The van der Waals surface area contributed by atoms with Gasteiger partial charge in [-0.15, -0.1) is 0 Å². The Bertz CT molecular complexity index is 778. The van der Waals surface area contributed by atoms with Gasteiger partial charge in [0.15, 0.2) is 0 Å². The van der Waals surface area contributed by atoms with Crippen LogP contribution in [-0.2, 0) is 11.3 Å². The molecule has 0 radical (unpaired) electrons. The number of ether oxygens (including phenoxy) is 1. The average molecular weight is 296 g/mol. The molecule has 0 atom stereocenters. The van der Waals surface area contributed by atoms with Crippen molar-refractivity contribution in [2.75, 3.05) is 0 Å². The lowest BCUT2D eigenvalue weighted by Gasteiger charge is -2.07. The molecule has 0 fully saturated rings. The van der Waals surface area contributed by atoms with Crippen LogP contribution >= 0.6 is 0 Å². The molecule has 0 aliphatic heterocycles. The van der Waals surface area contributed by atoms with Crippen LogP contribution in [-0.4, -0.2) is 10.9 Å². The predicted molar refractivity (Wildman–Crippen MR) is 78.1 cm³/mol. The number of esters is 1. The smallest absolute Gasteiger partial charge is 0.338 e. The first kappa shape index (κ1) is 15.2. The van der Waals surface area contributed by atoms with E-state index in [0.717, 1.165) is 0 Å². The molecule has 6 nitrogen and oxygen atoms in total. The Morgan fingerprint density at radius 2 is 2.05 bits per heavy atom. The van der Waals surface area contributed by atoms with Gasteiger partial charge in [0.2, 0.25) is 0 Å². The van der Waals surface area contributed by atoms with Crippen LogP contribution in [0.2, 0.25) is 0 Å². The van der Waals surface area contributed by atoms with Gasteiger partial charge in [0.25, 0.3) is 5.69 Å². The highest BCUT2D eigenvalue weighted by molar-refractivity contribution is 5.90. The van der Waals surface area contributed by atoms with Crippen molar-refractivity contribution in [3.63, 3.8) is 0 Å². The van der Waals surface area contributed by atoms with Crippen LogP contribution in [0.1, 0.15) is 27.0 Å². The summed E-state index contributed by atoms with van der Waals surface area (Å²) >= 11 is 0. The highest BCUT2D eigenvalue weighted by Crippen LogP contribution is 2.20. The highest BCUT2D eigenvalue weighted by atomic mass is 16.6. The lowest BCUT2D eigenvalue weighted by atomic mass is 10.1. The van der Waals surface area contributed by atoms with Gasteiger partial charge in [0.05, 0.1) is 22.1 Å². The van der Waals surface area contributed by atoms with E-state index in [0.29, 0.717) is 16.7 Å². The van der Waals surface area contributed by atoms with E-state index in [9.17, 15) is 14.9 Å². The van der Waals surface area contributed by atoms with E-state index in [1.54, 1.807) is 31.2 Å². The fraction of sp³-hybridized carbons (Fsp3) is 0.125. The third-order valence-electron chi connectivity index (χ3n) is 3.14. The van der Waals surface area contributed by atoms with Crippen LogP contribution in [0.4, 0.5) is 5.69 Å². The van der Waals surface area contributed by atoms with E-state index < -0.39 is 10.9 Å². The number of rotatable bonds is 4. The number of hydrogen-bond acceptors (Lipinski definition) is 5. The van der Waals surface area contributed by atoms with Crippen LogP contribution in [0.5, 0.6) is 0 Å². The molecule has 2 aromatic carbocycles. The summed E-state index contributed by atoms with van der Waals surface area (Å²) in [6.45, 7) is 1.53. The van der Waals surface area contributed by atoms with Gasteiger partial charge in [-0.1, -0.05) is 24.3 Å². The summed E-state index contributed by atoms with van der Waals surface area (Å²) in [5.41, 5.74) is 1.44. The van der Waals surface area contributed by atoms with Crippen LogP contribution in [0.3, 0.4) is 0 Å². The normalized spacial score (nSPS) is 9.82. The molecule has 22 heavy (non-hydrogen) atoms. The van der Waals surface area contributed by atoms with E-state index >= 15 is 0 Å². The first-order valence-corrected chi connectivity index (χ1v) is 6.43. The fourth-order valence-electron chi connectivity index (χ4n) is 1.91. The number of nitrogens with zero attached hydrogens (tertiary/aromatic N) is 2. The highest BCUT2D eigenvalue weighted by Gasteiger charge is 2.16. The second kappa shape index (κ2) is 6.50. The fourth-order valence-corrected chi connectivity index (χ4v) is 1.91. The van der Waals surface area contributed by atoms with E-state index in [-0.39, 0.29) is 17.9 Å². The van der Waals surface area contributed by atoms with Gasteiger partial charge in [0, 0.05) is 17.2 Å². The zero-order chi connectivity index (χ0) is 16.1. The monoisotopic (exact) mass is 296 g/mol. The molecular formula is C16H12N2O4. The van der Waals surface area contributed by atoms with E-state index in [4.69, 9.17) is 10.00 Å². The second-order valence-electron chi connectivity index (χ2n) is 4.60. The molecule has 2 aromatic rings. The van der Waals surface area contributed by atoms with Gasteiger partial charge in [-0.3, -0.25) is 10.1 Å². The Kier molecular flexibility index (Phi) is 4.49. The van der Waals surface area contributed by atoms with Crippen molar-refractivity contribution in [3.05, 3.63) is 74.8 Å². The first-order valence-electron chi connectivity index (χ1n) is 6.43. The summed E-state index contributed by atoms with van der Waals surface area (Å²) in [5, 5.41) is 19.8. The summed E-state index contributed by atoms with van der Waals surface area (Å²) < 4.78 is 5.12. The molecule has 110 valence electrons. The number of nitro groups is 1. The molecule has 0 N–H and O–H groups in total.